The fraction of sp³-hybridized carbons (Fsp3) is 0.412. The third kappa shape index (κ3) is 3.79. The summed E-state index contributed by atoms with van der Waals surface area (Å²) in [6, 6.07) is 10.2. The summed E-state index contributed by atoms with van der Waals surface area (Å²) in [5.74, 6) is 0.390. The van der Waals surface area contributed by atoms with E-state index in [-0.39, 0.29) is 12.2 Å². The molecule has 0 spiro atoms. The van der Waals surface area contributed by atoms with E-state index in [2.05, 4.69) is 25.3 Å². The van der Waals surface area contributed by atoms with Gasteiger partial charge in [0, 0.05) is 12.5 Å². The quantitative estimate of drug-likeness (QED) is 0.694. The first-order valence-electron chi connectivity index (χ1n) is 6.85. The summed E-state index contributed by atoms with van der Waals surface area (Å²) in [5, 5.41) is 0. The van der Waals surface area contributed by atoms with Gasteiger partial charge < -0.3 is 9.47 Å². The molecule has 1 heterocycles. The summed E-state index contributed by atoms with van der Waals surface area (Å²) in [7, 11) is 0. The topological polar surface area (TPSA) is 18.5 Å². The average molecular weight is 258 g/mol. The Kier molecular flexibility index (Phi) is 5.37. The lowest BCUT2D eigenvalue weighted by Crippen LogP contribution is -2.32. The highest BCUT2D eigenvalue weighted by atomic mass is 16.5. The van der Waals surface area contributed by atoms with Gasteiger partial charge in [0.05, 0.1) is 18.8 Å². The van der Waals surface area contributed by atoms with Crippen molar-refractivity contribution >= 4 is 0 Å². The van der Waals surface area contributed by atoms with Crippen LogP contribution in [0.3, 0.4) is 0 Å². The molecule has 0 amide bonds. The lowest BCUT2D eigenvalue weighted by atomic mass is 9.95. The van der Waals surface area contributed by atoms with Crippen molar-refractivity contribution in [2.75, 3.05) is 6.61 Å². The second-order valence-corrected chi connectivity index (χ2v) is 4.88. The van der Waals surface area contributed by atoms with Crippen molar-refractivity contribution < 1.29 is 9.47 Å². The fourth-order valence-corrected chi connectivity index (χ4v) is 2.50. The van der Waals surface area contributed by atoms with Gasteiger partial charge in [-0.25, -0.2) is 0 Å². The molecule has 0 aliphatic carbocycles. The number of rotatable bonds is 7. The van der Waals surface area contributed by atoms with E-state index in [0.29, 0.717) is 12.5 Å². The molecule has 1 aliphatic heterocycles. The normalized spacial score (nSPS) is 24.0. The third-order valence-electron chi connectivity index (χ3n) is 3.56. The molecule has 1 aromatic carbocycles. The maximum absolute atomic E-state index is 6.04. The summed E-state index contributed by atoms with van der Waals surface area (Å²) in [6.07, 6.45) is 5.90. The minimum atomic E-state index is 0.0585. The van der Waals surface area contributed by atoms with Crippen molar-refractivity contribution in [3.63, 3.8) is 0 Å². The summed E-state index contributed by atoms with van der Waals surface area (Å²) >= 11 is 0. The van der Waals surface area contributed by atoms with Gasteiger partial charge in [-0.2, -0.15) is 0 Å². The second kappa shape index (κ2) is 7.27. The van der Waals surface area contributed by atoms with E-state index in [1.807, 2.05) is 30.4 Å². The van der Waals surface area contributed by atoms with E-state index in [9.17, 15) is 0 Å². The molecule has 0 bridgehead atoms. The number of benzene rings is 1. The molecule has 0 radical (unpaired) electrons. The van der Waals surface area contributed by atoms with E-state index in [1.54, 1.807) is 0 Å². The summed E-state index contributed by atoms with van der Waals surface area (Å²) in [6.45, 7) is 9.12. The van der Waals surface area contributed by atoms with Gasteiger partial charge in [-0.3, -0.25) is 0 Å². The third-order valence-corrected chi connectivity index (χ3v) is 3.56. The molecule has 1 aromatic rings. The van der Waals surface area contributed by atoms with Crippen molar-refractivity contribution in [2.45, 2.75) is 31.7 Å². The van der Waals surface area contributed by atoms with Crippen molar-refractivity contribution in [3.8, 4) is 0 Å². The molecule has 0 aromatic heterocycles. The Hall–Kier alpha value is -1.38. The highest BCUT2D eigenvalue weighted by Crippen LogP contribution is 2.28. The lowest BCUT2D eigenvalue weighted by molar-refractivity contribution is -0.0621. The van der Waals surface area contributed by atoms with E-state index < -0.39 is 0 Å². The first kappa shape index (κ1) is 14.0. The van der Waals surface area contributed by atoms with Crippen LogP contribution in [-0.4, -0.2) is 18.8 Å². The Morgan fingerprint density at radius 1 is 1.32 bits per heavy atom. The number of ether oxygens (including phenoxy) is 2. The molecule has 1 saturated heterocycles. The average Bonchev–Trinajstić information content (AvgIpc) is 2.93. The Balaban J connectivity index is 1.96. The van der Waals surface area contributed by atoms with Crippen LogP contribution in [0.5, 0.6) is 0 Å². The molecule has 0 N–H and O–H groups in total. The second-order valence-electron chi connectivity index (χ2n) is 4.88. The van der Waals surface area contributed by atoms with Gasteiger partial charge in [-0.1, -0.05) is 42.5 Å². The molecular formula is C17H22O2. The predicted octanol–water partition coefficient (Wildman–Crippen LogP) is 3.74. The maximum atomic E-state index is 6.04. The standard InChI is InChI=1S/C17H22O2/c1-3-8-16(17-15(4-2)11-12-18-17)19-13-14-9-6-5-7-10-14/h3-7,9-10,15-17H,1-2,8,11-13H2. The number of hydrogen-bond acceptors (Lipinski definition) is 2. The zero-order valence-corrected chi connectivity index (χ0v) is 11.3. The van der Waals surface area contributed by atoms with Gasteiger partial charge in [0.1, 0.15) is 0 Å². The van der Waals surface area contributed by atoms with Crippen LogP contribution in [0.4, 0.5) is 0 Å². The first-order valence-corrected chi connectivity index (χ1v) is 6.85. The van der Waals surface area contributed by atoms with Crippen molar-refractivity contribution in [3.05, 3.63) is 61.2 Å². The smallest absolute Gasteiger partial charge is 0.0902 e. The molecule has 2 nitrogen and oxygen atoms in total. The molecular weight excluding hydrogens is 236 g/mol. The van der Waals surface area contributed by atoms with Gasteiger partial charge >= 0.3 is 0 Å². The Labute approximate surface area is 115 Å². The molecule has 1 fully saturated rings. The van der Waals surface area contributed by atoms with Crippen LogP contribution in [0.1, 0.15) is 18.4 Å². The molecule has 3 atom stereocenters. The highest BCUT2D eigenvalue weighted by Gasteiger charge is 2.33. The van der Waals surface area contributed by atoms with Gasteiger partial charge in [0.15, 0.2) is 0 Å². The van der Waals surface area contributed by atoms with Crippen LogP contribution in [-0.2, 0) is 16.1 Å². The van der Waals surface area contributed by atoms with Crippen LogP contribution < -0.4 is 0 Å². The van der Waals surface area contributed by atoms with Gasteiger partial charge in [0.25, 0.3) is 0 Å². The molecule has 2 heteroatoms. The molecule has 3 unspecified atom stereocenters. The predicted molar refractivity (Wildman–Crippen MR) is 77.9 cm³/mol. The SMILES string of the molecule is C=CCC(OCc1ccccc1)C1OCCC1C=C. The van der Waals surface area contributed by atoms with E-state index >= 15 is 0 Å². The van der Waals surface area contributed by atoms with E-state index in [0.717, 1.165) is 19.4 Å². The van der Waals surface area contributed by atoms with Gasteiger partial charge in [-0.05, 0) is 18.4 Å². The van der Waals surface area contributed by atoms with Crippen molar-refractivity contribution in [1.82, 2.24) is 0 Å². The highest BCUT2D eigenvalue weighted by molar-refractivity contribution is 5.13. The van der Waals surface area contributed by atoms with Crippen LogP contribution in [0.25, 0.3) is 0 Å². The van der Waals surface area contributed by atoms with E-state index in [4.69, 9.17) is 9.47 Å². The largest absolute Gasteiger partial charge is 0.375 e. The van der Waals surface area contributed by atoms with Crippen molar-refractivity contribution in [2.24, 2.45) is 5.92 Å². The Bertz CT molecular complexity index is 399. The van der Waals surface area contributed by atoms with Crippen molar-refractivity contribution in [1.29, 1.82) is 0 Å². The summed E-state index contributed by atoms with van der Waals surface area (Å²) < 4.78 is 11.9. The minimum absolute atomic E-state index is 0.0585. The fourth-order valence-electron chi connectivity index (χ4n) is 2.50. The molecule has 0 saturated carbocycles. The zero-order chi connectivity index (χ0) is 13.5. The zero-order valence-electron chi connectivity index (χ0n) is 11.3. The Morgan fingerprint density at radius 2 is 2.11 bits per heavy atom. The van der Waals surface area contributed by atoms with Gasteiger partial charge in [-0.15, -0.1) is 13.2 Å². The molecule has 19 heavy (non-hydrogen) atoms. The van der Waals surface area contributed by atoms with Crippen LogP contribution in [0.15, 0.2) is 55.6 Å². The minimum Gasteiger partial charge on any atom is -0.375 e. The van der Waals surface area contributed by atoms with Crippen LogP contribution >= 0.6 is 0 Å². The molecule has 1 aliphatic rings. The van der Waals surface area contributed by atoms with E-state index in [1.165, 1.54) is 5.56 Å². The maximum Gasteiger partial charge on any atom is 0.0902 e. The number of hydrogen-bond donors (Lipinski definition) is 0. The Morgan fingerprint density at radius 3 is 2.79 bits per heavy atom. The first-order chi connectivity index (χ1) is 9.35. The summed E-state index contributed by atoms with van der Waals surface area (Å²) in [5.41, 5.74) is 1.18. The lowest BCUT2D eigenvalue weighted by Gasteiger charge is -2.25. The van der Waals surface area contributed by atoms with Gasteiger partial charge in [0.2, 0.25) is 0 Å². The van der Waals surface area contributed by atoms with Crippen LogP contribution in [0, 0.1) is 5.92 Å². The monoisotopic (exact) mass is 258 g/mol. The molecule has 2 rings (SSSR count). The van der Waals surface area contributed by atoms with Crippen LogP contribution in [0.2, 0.25) is 0 Å². The molecule has 102 valence electrons. The summed E-state index contributed by atoms with van der Waals surface area (Å²) in [4.78, 5) is 0.